The highest BCUT2D eigenvalue weighted by Crippen LogP contribution is 2.33. The monoisotopic (exact) mass is 433 g/mol. The number of methoxy groups -OCH3 is 2. The van der Waals surface area contributed by atoms with Crippen LogP contribution < -0.4 is 14.4 Å². The third kappa shape index (κ3) is 4.36. The molecule has 1 amide bonds. The SMILES string of the molecule is CCc1ccc2nc(N(Cc3ccccn3)C(=O)c3cc(OC)ccc3OC)sc2c1. The van der Waals surface area contributed by atoms with E-state index in [0.717, 1.165) is 22.3 Å². The maximum Gasteiger partial charge on any atom is 0.264 e. The Balaban J connectivity index is 1.80. The quantitative estimate of drug-likeness (QED) is 0.405. The van der Waals surface area contributed by atoms with Gasteiger partial charge in [-0.15, -0.1) is 0 Å². The zero-order valence-electron chi connectivity index (χ0n) is 17.7. The normalized spacial score (nSPS) is 10.8. The number of anilines is 1. The molecule has 0 fully saturated rings. The molecule has 0 saturated carbocycles. The minimum absolute atomic E-state index is 0.226. The third-order valence-corrected chi connectivity index (χ3v) is 6.05. The van der Waals surface area contributed by atoms with Gasteiger partial charge in [-0.25, -0.2) is 4.98 Å². The smallest absolute Gasteiger partial charge is 0.264 e. The Labute approximate surface area is 185 Å². The molecule has 0 N–H and O–H groups in total. The summed E-state index contributed by atoms with van der Waals surface area (Å²) in [4.78, 5) is 24.5. The van der Waals surface area contributed by atoms with Crippen LogP contribution in [0.5, 0.6) is 11.5 Å². The van der Waals surface area contributed by atoms with Crippen molar-refractivity contribution in [1.82, 2.24) is 9.97 Å². The second-order valence-corrected chi connectivity index (χ2v) is 7.94. The lowest BCUT2D eigenvalue weighted by atomic mass is 10.1. The molecule has 0 unspecified atom stereocenters. The van der Waals surface area contributed by atoms with Crippen LogP contribution in [0.25, 0.3) is 10.2 Å². The summed E-state index contributed by atoms with van der Waals surface area (Å²) in [7, 11) is 3.12. The van der Waals surface area contributed by atoms with Crippen molar-refractivity contribution < 1.29 is 14.3 Å². The molecule has 31 heavy (non-hydrogen) atoms. The summed E-state index contributed by atoms with van der Waals surface area (Å²) in [6, 6.07) is 17.0. The molecular weight excluding hydrogens is 410 g/mol. The van der Waals surface area contributed by atoms with Crippen LogP contribution in [0, 0.1) is 0 Å². The molecule has 0 bridgehead atoms. The van der Waals surface area contributed by atoms with Crippen molar-refractivity contribution in [1.29, 1.82) is 0 Å². The van der Waals surface area contributed by atoms with Gasteiger partial charge in [-0.3, -0.25) is 14.7 Å². The Morgan fingerprint density at radius 2 is 1.94 bits per heavy atom. The second kappa shape index (κ2) is 9.14. The first-order chi connectivity index (χ1) is 15.1. The summed E-state index contributed by atoms with van der Waals surface area (Å²) in [5, 5.41) is 0.615. The number of nitrogens with zero attached hydrogens (tertiary/aromatic N) is 3. The molecule has 4 rings (SSSR count). The Bertz CT molecular complexity index is 1210. The number of ether oxygens (including phenoxy) is 2. The predicted octanol–water partition coefficient (Wildman–Crippen LogP) is 5.12. The van der Waals surface area contributed by atoms with Gasteiger partial charge in [-0.05, 0) is 54.4 Å². The Kier molecular flexibility index (Phi) is 6.13. The highest BCUT2D eigenvalue weighted by molar-refractivity contribution is 7.22. The summed E-state index contributed by atoms with van der Waals surface area (Å²) in [6.07, 6.45) is 2.66. The number of rotatable bonds is 7. The Morgan fingerprint density at radius 3 is 2.65 bits per heavy atom. The number of hydrogen-bond donors (Lipinski definition) is 0. The van der Waals surface area contributed by atoms with Crippen LogP contribution in [0.4, 0.5) is 5.13 Å². The van der Waals surface area contributed by atoms with Crippen LogP contribution in [0.3, 0.4) is 0 Å². The van der Waals surface area contributed by atoms with E-state index in [4.69, 9.17) is 14.5 Å². The van der Waals surface area contributed by atoms with Crippen molar-refractivity contribution in [3.8, 4) is 11.5 Å². The van der Waals surface area contributed by atoms with Crippen molar-refractivity contribution in [3.05, 3.63) is 77.6 Å². The lowest BCUT2D eigenvalue weighted by Gasteiger charge is -2.21. The molecule has 0 aliphatic rings. The van der Waals surface area contributed by atoms with E-state index in [1.54, 1.807) is 43.5 Å². The van der Waals surface area contributed by atoms with Crippen molar-refractivity contribution in [3.63, 3.8) is 0 Å². The van der Waals surface area contributed by atoms with Crippen LogP contribution in [0.1, 0.15) is 28.5 Å². The van der Waals surface area contributed by atoms with E-state index >= 15 is 0 Å². The first-order valence-corrected chi connectivity index (χ1v) is 10.8. The maximum atomic E-state index is 13.7. The maximum absolute atomic E-state index is 13.7. The summed E-state index contributed by atoms with van der Waals surface area (Å²) in [5.41, 5.74) is 3.28. The minimum Gasteiger partial charge on any atom is -0.497 e. The predicted molar refractivity (Wildman–Crippen MR) is 123 cm³/mol. The fourth-order valence-electron chi connectivity index (χ4n) is 3.30. The van der Waals surface area contributed by atoms with Gasteiger partial charge in [-0.1, -0.05) is 30.4 Å². The van der Waals surface area contributed by atoms with Crippen LogP contribution in [0.2, 0.25) is 0 Å². The molecule has 0 aliphatic heterocycles. The fourth-order valence-corrected chi connectivity index (χ4v) is 4.33. The van der Waals surface area contributed by atoms with Crippen LogP contribution in [-0.2, 0) is 13.0 Å². The molecule has 2 heterocycles. The van der Waals surface area contributed by atoms with Gasteiger partial charge in [-0.2, -0.15) is 0 Å². The number of aryl methyl sites for hydroxylation is 1. The third-order valence-electron chi connectivity index (χ3n) is 5.01. The average molecular weight is 434 g/mol. The van der Waals surface area contributed by atoms with E-state index in [9.17, 15) is 4.79 Å². The Morgan fingerprint density at radius 1 is 1.06 bits per heavy atom. The van der Waals surface area contributed by atoms with Gasteiger partial charge in [0.15, 0.2) is 5.13 Å². The number of benzene rings is 2. The molecule has 0 saturated heterocycles. The first kappa shape index (κ1) is 20.8. The molecular formula is C24H23N3O3S. The minimum atomic E-state index is -0.226. The van der Waals surface area contributed by atoms with E-state index in [-0.39, 0.29) is 5.91 Å². The molecule has 7 heteroatoms. The number of aromatic nitrogens is 2. The molecule has 2 aromatic heterocycles. The lowest BCUT2D eigenvalue weighted by Crippen LogP contribution is -2.31. The molecule has 4 aromatic rings. The van der Waals surface area contributed by atoms with Crippen molar-refractivity contribution in [2.24, 2.45) is 0 Å². The number of pyridine rings is 1. The fraction of sp³-hybridized carbons (Fsp3) is 0.208. The number of amides is 1. The summed E-state index contributed by atoms with van der Waals surface area (Å²) in [5.74, 6) is 0.834. The molecule has 0 spiro atoms. The van der Waals surface area contributed by atoms with Gasteiger partial charge in [0.05, 0.1) is 42.2 Å². The van der Waals surface area contributed by atoms with Gasteiger partial charge in [0.1, 0.15) is 11.5 Å². The molecule has 2 aromatic carbocycles. The molecule has 0 radical (unpaired) electrons. The standard InChI is InChI=1S/C24H23N3O3S/c1-4-16-8-10-20-22(13-16)31-24(26-20)27(15-17-7-5-6-12-25-17)23(28)19-14-18(29-2)9-11-21(19)30-3/h5-14H,4,15H2,1-3H3. The van der Waals surface area contributed by atoms with Gasteiger partial charge in [0.2, 0.25) is 0 Å². The molecule has 6 nitrogen and oxygen atoms in total. The average Bonchev–Trinajstić information content (AvgIpc) is 3.25. The molecule has 0 aliphatic carbocycles. The second-order valence-electron chi connectivity index (χ2n) is 6.93. The van der Waals surface area contributed by atoms with Crippen molar-refractivity contribution >= 4 is 32.6 Å². The van der Waals surface area contributed by atoms with E-state index in [1.807, 2.05) is 24.3 Å². The molecule has 0 atom stereocenters. The highest BCUT2D eigenvalue weighted by atomic mass is 32.1. The number of carbonyl (C=O) groups excluding carboxylic acids is 1. The summed E-state index contributed by atoms with van der Waals surface area (Å²) < 4.78 is 11.8. The largest absolute Gasteiger partial charge is 0.497 e. The zero-order valence-corrected chi connectivity index (χ0v) is 18.5. The number of carbonyl (C=O) groups is 1. The molecule has 158 valence electrons. The zero-order chi connectivity index (χ0) is 21.8. The summed E-state index contributed by atoms with van der Waals surface area (Å²) in [6.45, 7) is 2.41. The number of thiazole rings is 1. The lowest BCUT2D eigenvalue weighted by molar-refractivity contribution is 0.0981. The van der Waals surface area contributed by atoms with Gasteiger partial charge in [0, 0.05) is 6.20 Å². The van der Waals surface area contributed by atoms with Crippen molar-refractivity contribution in [2.75, 3.05) is 19.1 Å². The van der Waals surface area contributed by atoms with Crippen LogP contribution in [-0.4, -0.2) is 30.1 Å². The van der Waals surface area contributed by atoms with E-state index in [2.05, 4.69) is 24.0 Å². The van der Waals surface area contributed by atoms with E-state index in [0.29, 0.717) is 28.7 Å². The van der Waals surface area contributed by atoms with Crippen molar-refractivity contribution in [2.45, 2.75) is 19.9 Å². The highest BCUT2D eigenvalue weighted by Gasteiger charge is 2.25. The van der Waals surface area contributed by atoms with Crippen LogP contribution >= 0.6 is 11.3 Å². The van der Waals surface area contributed by atoms with Gasteiger partial charge >= 0.3 is 0 Å². The Hall–Kier alpha value is -3.45. The topological polar surface area (TPSA) is 64.6 Å². The van der Waals surface area contributed by atoms with E-state index < -0.39 is 0 Å². The first-order valence-electron chi connectivity index (χ1n) is 9.96. The summed E-state index contributed by atoms with van der Waals surface area (Å²) >= 11 is 1.49. The van der Waals surface area contributed by atoms with E-state index in [1.165, 1.54) is 16.9 Å². The van der Waals surface area contributed by atoms with Gasteiger partial charge < -0.3 is 9.47 Å². The number of fused-ring (bicyclic) bond motifs is 1. The number of hydrogen-bond acceptors (Lipinski definition) is 6. The van der Waals surface area contributed by atoms with Crippen LogP contribution in [0.15, 0.2) is 60.8 Å². The van der Waals surface area contributed by atoms with Gasteiger partial charge in [0.25, 0.3) is 5.91 Å².